The number of nitrogens with zero attached hydrogens (tertiary/aromatic N) is 1. The average Bonchev–Trinajstić information content (AvgIpc) is 2.60. The highest BCUT2D eigenvalue weighted by Crippen LogP contribution is 2.15. The van der Waals surface area contributed by atoms with Crippen molar-refractivity contribution in [3.8, 4) is 0 Å². The van der Waals surface area contributed by atoms with Crippen LogP contribution >= 0.6 is 0 Å². The number of anilines is 1. The Kier molecular flexibility index (Phi) is 3.46. The van der Waals surface area contributed by atoms with Gasteiger partial charge in [-0.05, 0) is 12.1 Å². The molecule has 0 aliphatic heterocycles. The summed E-state index contributed by atoms with van der Waals surface area (Å²) >= 11 is 0. The maximum absolute atomic E-state index is 11.6. The van der Waals surface area contributed by atoms with Gasteiger partial charge in [-0.25, -0.2) is 4.79 Å². The highest BCUT2D eigenvalue weighted by atomic mass is 16.5. The molecule has 17 heavy (non-hydrogen) atoms. The standard InChI is InChI=1S/C11H14N2O4/c12-8-1-2-9-10(7-8)17-11(15)13(9)3-5-16-6-4-14/h1-2,7,14H,3-6,12H2. The molecular formula is C11H14N2O4. The topological polar surface area (TPSA) is 90.6 Å². The van der Waals surface area contributed by atoms with E-state index in [1.165, 1.54) is 4.57 Å². The fourth-order valence-electron chi connectivity index (χ4n) is 1.62. The third-order valence-corrected chi connectivity index (χ3v) is 2.39. The quantitative estimate of drug-likeness (QED) is 0.573. The first-order chi connectivity index (χ1) is 8.22. The second-order valence-corrected chi connectivity index (χ2v) is 3.58. The number of aliphatic hydroxyl groups is 1. The molecule has 3 N–H and O–H groups in total. The van der Waals surface area contributed by atoms with Gasteiger partial charge in [0.25, 0.3) is 0 Å². The summed E-state index contributed by atoms with van der Waals surface area (Å²) in [5, 5.41) is 8.55. The van der Waals surface area contributed by atoms with E-state index in [2.05, 4.69) is 0 Å². The molecular weight excluding hydrogens is 224 g/mol. The molecule has 0 aliphatic rings. The van der Waals surface area contributed by atoms with Gasteiger partial charge in [0.2, 0.25) is 0 Å². The van der Waals surface area contributed by atoms with Gasteiger partial charge in [0.15, 0.2) is 5.58 Å². The van der Waals surface area contributed by atoms with Crippen LogP contribution in [0.4, 0.5) is 5.69 Å². The molecule has 0 amide bonds. The number of nitrogen functional groups attached to an aromatic ring is 1. The van der Waals surface area contributed by atoms with E-state index in [4.69, 9.17) is 20.0 Å². The number of nitrogens with two attached hydrogens (primary N) is 1. The van der Waals surface area contributed by atoms with Gasteiger partial charge in [0.05, 0.1) is 31.9 Å². The third kappa shape index (κ3) is 2.48. The Balaban J connectivity index is 2.21. The summed E-state index contributed by atoms with van der Waals surface area (Å²) in [7, 11) is 0. The van der Waals surface area contributed by atoms with Crippen LogP contribution in [-0.2, 0) is 11.3 Å². The van der Waals surface area contributed by atoms with Gasteiger partial charge in [-0.3, -0.25) is 4.57 Å². The molecule has 1 aromatic heterocycles. The summed E-state index contributed by atoms with van der Waals surface area (Å²) in [6, 6.07) is 5.06. The zero-order valence-electron chi connectivity index (χ0n) is 9.26. The molecule has 2 rings (SSSR count). The molecule has 2 aromatic rings. The second kappa shape index (κ2) is 5.03. The van der Waals surface area contributed by atoms with Gasteiger partial charge in [-0.2, -0.15) is 0 Å². The smallest absolute Gasteiger partial charge is 0.408 e. The molecule has 0 unspecified atom stereocenters. The fraction of sp³-hybridized carbons (Fsp3) is 0.364. The largest absolute Gasteiger partial charge is 0.420 e. The second-order valence-electron chi connectivity index (χ2n) is 3.58. The summed E-state index contributed by atoms with van der Waals surface area (Å²) in [4.78, 5) is 11.6. The van der Waals surface area contributed by atoms with Gasteiger partial charge in [0, 0.05) is 11.8 Å². The lowest BCUT2D eigenvalue weighted by atomic mass is 10.3. The number of ether oxygens (including phenoxy) is 1. The van der Waals surface area contributed by atoms with E-state index in [-0.39, 0.29) is 13.2 Å². The van der Waals surface area contributed by atoms with Crippen LogP contribution in [0.1, 0.15) is 0 Å². The minimum atomic E-state index is -0.432. The number of aromatic nitrogens is 1. The molecule has 6 nitrogen and oxygen atoms in total. The van der Waals surface area contributed by atoms with E-state index in [1.54, 1.807) is 18.2 Å². The summed E-state index contributed by atoms with van der Waals surface area (Å²) in [5.41, 5.74) is 7.31. The van der Waals surface area contributed by atoms with Crippen molar-refractivity contribution in [2.24, 2.45) is 0 Å². The van der Waals surface area contributed by atoms with Crippen molar-refractivity contribution in [3.05, 3.63) is 28.7 Å². The number of hydrogen-bond donors (Lipinski definition) is 2. The van der Waals surface area contributed by atoms with Gasteiger partial charge in [-0.1, -0.05) is 0 Å². The van der Waals surface area contributed by atoms with Gasteiger partial charge >= 0.3 is 5.76 Å². The number of aliphatic hydroxyl groups excluding tert-OH is 1. The van der Waals surface area contributed by atoms with Crippen molar-refractivity contribution in [2.45, 2.75) is 6.54 Å². The van der Waals surface area contributed by atoms with E-state index in [1.807, 2.05) is 0 Å². The lowest BCUT2D eigenvalue weighted by Gasteiger charge is -2.03. The van der Waals surface area contributed by atoms with E-state index in [9.17, 15) is 4.79 Å². The molecule has 1 aromatic carbocycles. The predicted molar refractivity (Wildman–Crippen MR) is 62.8 cm³/mol. The van der Waals surface area contributed by atoms with Gasteiger partial charge in [0.1, 0.15) is 0 Å². The molecule has 0 bridgehead atoms. The third-order valence-electron chi connectivity index (χ3n) is 2.39. The first-order valence-electron chi connectivity index (χ1n) is 5.30. The van der Waals surface area contributed by atoms with E-state index >= 15 is 0 Å². The molecule has 0 saturated heterocycles. The molecule has 0 saturated carbocycles. The lowest BCUT2D eigenvalue weighted by Crippen LogP contribution is -2.18. The minimum absolute atomic E-state index is 0.0302. The van der Waals surface area contributed by atoms with Crippen LogP contribution in [-0.4, -0.2) is 29.5 Å². The maximum Gasteiger partial charge on any atom is 0.420 e. The van der Waals surface area contributed by atoms with Crippen LogP contribution in [0.3, 0.4) is 0 Å². The Hall–Kier alpha value is -1.79. The summed E-state index contributed by atoms with van der Waals surface area (Å²) < 4.78 is 11.6. The van der Waals surface area contributed by atoms with Crippen molar-refractivity contribution < 1.29 is 14.3 Å². The van der Waals surface area contributed by atoms with Crippen molar-refractivity contribution in [2.75, 3.05) is 25.6 Å². The van der Waals surface area contributed by atoms with E-state index < -0.39 is 5.76 Å². The molecule has 0 radical (unpaired) electrons. The van der Waals surface area contributed by atoms with Crippen LogP contribution < -0.4 is 11.5 Å². The molecule has 92 valence electrons. The van der Waals surface area contributed by atoms with Crippen LogP contribution in [0.25, 0.3) is 11.1 Å². The highest BCUT2D eigenvalue weighted by Gasteiger charge is 2.08. The molecule has 0 spiro atoms. The van der Waals surface area contributed by atoms with E-state index in [0.29, 0.717) is 29.9 Å². The number of hydrogen-bond acceptors (Lipinski definition) is 5. The number of benzene rings is 1. The molecule has 6 heteroatoms. The first kappa shape index (κ1) is 11.7. The Morgan fingerprint density at radius 1 is 1.41 bits per heavy atom. The first-order valence-corrected chi connectivity index (χ1v) is 5.30. The number of oxazole rings is 1. The lowest BCUT2D eigenvalue weighted by molar-refractivity contribution is 0.0866. The van der Waals surface area contributed by atoms with Crippen molar-refractivity contribution in [1.82, 2.24) is 4.57 Å². The van der Waals surface area contributed by atoms with Gasteiger partial charge in [-0.15, -0.1) is 0 Å². The van der Waals surface area contributed by atoms with Crippen molar-refractivity contribution in [1.29, 1.82) is 0 Å². The predicted octanol–water partition coefficient (Wildman–Crippen LogP) is 0.186. The minimum Gasteiger partial charge on any atom is -0.408 e. The monoisotopic (exact) mass is 238 g/mol. The molecule has 0 fully saturated rings. The SMILES string of the molecule is Nc1ccc2c(c1)oc(=O)n2CCOCCO. The van der Waals surface area contributed by atoms with Gasteiger partial charge < -0.3 is 20.0 Å². The van der Waals surface area contributed by atoms with E-state index in [0.717, 1.165) is 0 Å². The maximum atomic E-state index is 11.6. The molecule has 1 heterocycles. The summed E-state index contributed by atoms with van der Waals surface area (Å²) in [6.45, 7) is 0.963. The van der Waals surface area contributed by atoms with Crippen molar-refractivity contribution >= 4 is 16.8 Å². The average molecular weight is 238 g/mol. The zero-order valence-corrected chi connectivity index (χ0v) is 9.26. The zero-order chi connectivity index (χ0) is 12.3. The normalized spacial score (nSPS) is 11.1. The van der Waals surface area contributed by atoms with Crippen LogP contribution in [0.5, 0.6) is 0 Å². The molecule has 0 aliphatic carbocycles. The Bertz CT molecular complexity index is 558. The fourth-order valence-corrected chi connectivity index (χ4v) is 1.62. The Morgan fingerprint density at radius 2 is 2.24 bits per heavy atom. The molecule has 0 atom stereocenters. The summed E-state index contributed by atoms with van der Waals surface area (Å²) in [5.74, 6) is -0.432. The Labute approximate surface area is 97.2 Å². The highest BCUT2D eigenvalue weighted by molar-refractivity contribution is 5.76. The van der Waals surface area contributed by atoms with Crippen molar-refractivity contribution in [3.63, 3.8) is 0 Å². The summed E-state index contributed by atoms with van der Waals surface area (Å²) in [6.07, 6.45) is 0. The Morgan fingerprint density at radius 3 is 3.00 bits per heavy atom. The van der Waals surface area contributed by atoms with Crippen LogP contribution in [0.15, 0.2) is 27.4 Å². The number of rotatable bonds is 5. The van der Waals surface area contributed by atoms with Crippen LogP contribution in [0, 0.1) is 0 Å². The number of fused-ring (bicyclic) bond motifs is 1. The van der Waals surface area contributed by atoms with Crippen LogP contribution in [0.2, 0.25) is 0 Å².